The highest BCUT2D eigenvalue weighted by Crippen LogP contribution is 2.22. The Morgan fingerprint density at radius 3 is 2.11 bits per heavy atom. The van der Waals surface area contributed by atoms with E-state index < -0.39 is 22.1 Å². The summed E-state index contributed by atoms with van der Waals surface area (Å²) in [6, 6.07) is 7.92. The second-order valence-electron chi connectivity index (χ2n) is 7.11. The summed E-state index contributed by atoms with van der Waals surface area (Å²) in [5, 5.41) is 0. The molecule has 0 bridgehead atoms. The normalized spacial score (nSPS) is 12.7. The molecule has 0 saturated heterocycles. The van der Waals surface area contributed by atoms with Crippen LogP contribution in [0.5, 0.6) is 0 Å². The van der Waals surface area contributed by atoms with Crippen LogP contribution in [0, 0.1) is 13.8 Å². The van der Waals surface area contributed by atoms with Crippen LogP contribution in [-0.2, 0) is 14.8 Å². The first kappa shape index (κ1) is 21.7. The highest BCUT2D eigenvalue weighted by Gasteiger charge is 2.24. The van der Waals surface area contributed by atoms with Crippen LogP contribution in [0.4, 0.5) is 5.69 Å². The van der Waals surface area contributed by atoms with Crippen molar-refractivity contribution in [3.8, 4) is 0 Å². The minimum atomic E-state index is -3.39. The Bertz CT molecular complexity index is 988. The zero-order chi connectivity index (χ0) is 21.2. The largest absolute Gasteiger partial charge is 0.451 e. The number of ether oxygens (including phenoxy) is 1. The van der Waals surface area contributed by atoms with Gasteiger partial charge in [0.1, 0.15) is 0 Å². The minimum Gasteiger partial charge on any atom is -0.451 e. The van der Waals surface area contributed by atoms with Crippen LogP contribution in [0.25, 0.3) is 0 Å². The number of rotatable bonds is 7. The highest BCUT2D eigenvalue weighted by molar-refractivity contribution is 7.92. The van der Waals surface area contributed by atoms with E-state index in [9.17, 15) is 18.0 Å². The van der Waals surface area contributed by atoms with Gasteiger partial charge < -0.3 is 9.30 Å². The molecular formula is C20H26N2O5S. The number of nitrogens with zero attached hydrogens (tertiary/aromatic N) is 1. The van der Waals surface area contributed by atoms with Crippen LogP contribution in [0.3, 0.4) is 0 Å². The topological polar surface area (TPSA) is 94.5 Å². The first-order valence-electron chi connectivity index (χ1n) is 8.92. The molecule has 2 aromatic rings. The van der Waals surface area contributed by atoms with E-state index in [-0.39, 0.29) is 11.8 Å². The molecule has 1 atom stereocenters. The molecule has 0 saturated carbocycles. The predicted octanol–water partition coefficient (Wildman–Crippen LogP) is 3.49. The van der Waals surface area contributed by atoms with E-state index in [1.165, 1.54) is 31.2 Å². The molecule has 2 rings (SSSR count). The molecule has 152 valence electrons. The maximum Gasteiger partial charge on any atom is 0.340 e. The van der Waals surface area contributed by atoms with Crippen molar-refractivity contribution in [3.63, 3.8) is 0 Å². The molecule has 0 aliphatic carbocycles. The van der Waals surface area contributed by atoms with Crippen molar-refractivity contribution < 1.29 is 22.7 Å². The summed E-state index contributed by atoms with van der Waals surface area (Å²) >= 11 is 0. The van der Waals surface area contributed by atoms with Gasteiger partial charge in [0.15, 0.2) is 6.10 Å². The van der Waals surface area contributed by atoms with E-state index in [0.29, 0.717) is 16.8 Å². The third kappa shape index (κ3) is 5.01. The molecule has 1 unspecified atom stereocenters. The van der Waals surface area contributed by atoms with Crippen LogP contribution in [0.15, 0.2) is 30.3 Å². The van der Waals surface area contributed by atoms with Crippen molar-refractivity contribution >= 4 is 27.5 Å². The zero-order valence-electron chi connectivity index (χ0n) is 16.9. The van der Waals surface area contributed by atoms with Crippen LogP contribution in [-0.4, -0.2) is 37.1 Å². The number of sulfonamides is 1. The number of esters is 1. The monoisotopic (exact) mass is 406 g/mol. The summed E-state index contributed by atoms with van der Waals surface area (Å²) in [6.45, 7) is 9.35. The lowest BCUT2D eigenvalue weighted by molar-refractivity contribution is 0.0318. The third-order valence-electron chi connectivity index (χ3n) is 4.35. The van der Waals surface area contributed by atoms with E-state index in [0.717, 1.165) is 17.6 Å². The van der Waals surface area contributed by atoms with Crippen molar-refractivity contribution in [2.24, 2.45) is 0 Å². The Kier molecular flexibility index (Phi) is 6.34. The summed E-state index contributed by atoms with van der Waals surface area (Å²) in [4.78, 5) is 25.1. The molecule has 8 heteroatoms. The molecule has 1 aromatic heterocycles. The molecule has 1 heterocycles. The van der Waals surface area contributed by atoms with Crippen LogP contribution < -0.4 is 4.72 Å². The number of hydrogen-bond acceptors (Lipinski definition) is 5. The lowest BCUT2D eigenvalue weighted by Crippen LogP contribution is -2.24. The van der Waals surface area contributed by atoms with Gasteiger partial charge >= 0.3 is 5.97 Å². The second kappa shape index (κ2) is 8.18. The Hall–Kier alpha value is -2.61. The number of nitrogens with one attached hydrogen (secondary N) is 1. The van der Waals surface area contributed by atoms with E-state index in [1.54, 1.807) is 6.07 Å². The smallest absolute Gasteiger partial charge is 0.340 e. The lowest BCUT2D eigenvalue weighted by Gasteiger charge is -2.15. The molecule has 7 nitrogen and oxygen atoms in total. The molecule has 1 N–H and O–H groups in total. The maximum atomic E-state index is 12.6. The van der Waals surface area contributed by atoms with Crippen LogP contribution >= 0.6 is 0 Å². The van der Waals surface area contributed by atoms with Crippen LogP contribution in [0.1, 0.15) is 58.9 Å². The van der Waals surface area contributed by atoms with Gasteiger partial charge in [-0.05, 0) is 65.0 Å². The second-order valence-corrected chi connectivity index (χ2v) is 8.86. The molecule has 28 heavy (non-hydrogen) atoms. The van der Waals surface area contributed by atoms with Crippen molar-refractivity contribution in [2.75, 3.05) is 11.0 Å². The first-order chi connectivity index (χ1) is 12.9. The molecule has 0 fully saturated rings. The fourth-order valence-corrected chi connectivity index (χ4v) is 3.77. The fourth-order valence-electron chi connectivity index (χ4n) is 3.21. The Labute approximate surface area is 165 Å². The van der Waals surface area contributed by atoms with Gasteiger partial charge in [-0.25, -0.2) is 13.2 Å². The number of carbonyl (C=O) groups is 2. The molecular weight excluding hydrogens is 380 g/mol. The molecule has 0 aliphatic heterocycles. The molecule has 0 amide bonds. The third-order valence-corrected chi connectivity index (χ3v) is 4.95. The van der Waals surface area contributed by atoms with Crippen LogP contribution in [0.2, 0.25) is 0 Å². The van der Waals surface area contributed by atoms with E-state index in [4.69, 9.17) is 4.74 Å². The first-order valence-corrected chi connectivity index (χ1v) is 10.8. The quantitative estimate of drug-likeness (QED) is 0.561. The zero-order valence-corrected chi connectivity index (χ0v) is 17.8. The number of aromatic nitrogens is 1. The molecule has 0 radical (unpaired) electrons. The number of ketones is 1. The molecule has 1 aromatic carbocycles. The summed E-state index contributed by atoms with van der Waals surface area (Å²) in [5.74, 6) is -0.909. The van der Waals surface area contributed by atoms with E-state index >= 15 is 0 Å². The number of Topliss-reactive ketones (excluding diaryl/α,β-unsaturated/α-hetero) is 1. The van der Waals surface area contributed by atoms with Gasteiger partial charge in [-0.3, -0.25) is 9.52 Å². The average molecular weight is 407 g/mol. The standard InChI is InChI=1S/C20H26N2O5S/c1-12(2)22-13(3)11-18(14(22)4)20(24)27-15(5)19(23)16-7-9-17(10-8-16)21-28(6,25)26/h7-12,15,21H,1-6H3. The molecule has 0 spiro atoms. The van der Waals surface area contributed by atoms with Gasteiger partial charge in [0, 0.05) is 28.7 Å². The average Bonchev–Trinajstić information content (AvgIpc) is 2.88. The highest BCUT2D eigenvalue weighted by atomic mass is 32.2. The number of carbonyl (C=O) groups excluding carboxylic acids is 2. The Balaban J connectivity index is 2.12. The van der Waals surface area contributed by atoms with Gasteiger partial charge in [0.05, 0.1) is 11.8 Å². The number of benzene rings is 1. The fraction of sp³-hybridized carbons (Fsp3) is 0.400. The summed E-state index contributed by atoms with van der Waals surface area (Å²) in [5.41, 5.74) is 2.87. The molecule has 0 aliphatic rings. The van der Waals surface area contributed by atoms with Crippen molar-refractivity contribution in [1.82, 2.24) is 4.57 Å². The Morgan fingerprint density at radius 1 is 1.07 bits per heavy atom. The van der Waals surface area contributed by atoms with Gasteiger partial charge in [0.2, 0.25) is 15.8 Å². The van der Waals surface area contributed by atoms with Crippen molar-refractivity contribution in [2.45, 2.75) is 46.8 Å². The van der Waals surface area contributed by atoms with Gasteiger partial charge in [-0.2, -0.15) is 0 Å². The van der Waals surface area contributed by atoms with Crippen molar-refractivity contribution in [1.29, 1.82) is 0 Å². The number of hydrogen-bond donors (Lipinski definition) is 1. The lowest BCUT2D eigenvalue weighted by atomic mass is 10.1. The van der Waals surface area contributed by atoms with Gasteiger partial charge in [0.25, 0.3) is 0 Å². The number of anilines is 1. The van der Waals surface area contributed by atoms with Gasteiger partial charge in [-0.15, -0.1) is 0 Å². The van der Waals surface area contributed by atoms with E-state index in [1.807, 2.05) is 32.3 Å². The van der Waals surface area contributed by atoms with Crippen molar-refractivity contribution in [3.05, 3.63) is 52.8 Å². The maximum absolute atomic E-state index is 12.6. The summed E-state index contributed by atoms with van der Waals surface area (Å²) < 4.78 is 32.2. The minimum absolute atomic E-state index is 0.208. The number of aryl methyl sites for hydroxylation is 1. The summed E-state index contributed by atoms with van der Waals surface area (Å²) in [6.07, 6.45) is 0.0764. The summed E-state index contributed by atoms with van der Waals surface area (Å²) in [7, 11) is -3.39. The van der Waals surface area contributed by atoms with E-state index in [2.05, 4.69) is 4.72 Å². The SMILES string of the molecule is Cc1cc(C(=O)OC(C)C(=O)c2ccc(NS(C)(=O)=O)cc2)c(C)n1C(C)C. The predicted molar refractivity (Wildman–Crippen MR) is 108 cm³/mol. The van der Waals surface area contributed by atoms with Gasteiger partial charge in [-0.1, -0.05) is 0 Å². The Morgan fingerprint density at radius 2 is 1.64 bits per heavy atom.